The van der Waals surface area contributed by atoms with E-state index in [0.29, 0.717) is 13.1 Å². The van der Waals surface area contributed by atoms with Crippen LogP contribution in [0.1, 0.15) is 38.2 Å². The second-order valence-electron chi connectivity index (χ2n) is 6.35. The Morgan fingerprint density at radius 2 is 2.00 bits per heavy atom. The van der Waals surface area contributed by atoms with E-state index in [-0.39, 0.29) is 23.7 Å². The molecule has 0 radical (unpaired) electrons. The van der Waals surface area contributed by atoms with E-state index in [2.05, 4.69) is 16.0 Å². The monoisotopic (exact) mass is 317 g/mol. The van der Waals surface area contributed by atoms with Gasteiger partial charge in [0.05, 0.1) is 0 Å². The molecule has 0 saturated heterocycles. The average Bonchev–Trinajstić information content (AvgIpc) is 3.08. The molecule has 1 unspecified atom stereocenters. The maximum Gasteiger partial charge on any atom is 0.227 e. The van der Waals surface area contributed by atoms with Crippen LogP contribution in [0.4, 0.5) is 5.69 Å². The number of carbonyl (C=O) groups excluding carboxylic acids is 2. The Morgan fingerprint density at radius 3 is 2.70 bits per heavy atom. The van der Waals surface area contributed by atoms with E-state index < -0.39 is 0 Å². The lowest BCUT2D eigenvalue weighted by atomic mass is 10.1. The van der Waals surface area contributed by atoms with Crippen molar-refractivity contribution >= 4 is 17.5 Å². The van der Waals surface area contributed by atoms with Crippen LogP contribution in [0.2, 0.25) is 0 Å². The molecule has 5 heteroatoms. The molecule has 126 valence electrons. The first-order valence-electron chi connectivity index (χ1n) is 8.42. The van der Waals surface area contributed by atoms with Crippen molar-refractivity contribution in [1.29, 1.82) is 0 Å². The topological polar surface area (TPSA) is 70.2 Å². The first-order chi connectivity index (χ1) is 11.1. The summed E-state index contributed by atoms with van der Waals surface area (Å²) in [5, 5.41) is 8.92. The van der Waals surface area contributed by atoms with E-state index >= 15 is 0 Å². The molecule has 0 aromatic heterocycles. The van der Waals surface area contributed by atoms with Gasteiger partial charge in [-0.2, -0.15) is 0 Å². The summed E-state index contributed by atoms with van der Waals surface area (Å²) in [6, 6.07) is 7.68. The van der Waals surface area contributed by atoms with E-state index in [4.69, 9.17) is 0 Å². The van der Waals surface area contributed by atoms with E-state index in [1.54, 1.807) is 0 Å². The van der Waals surface area contributed by atoms with Gasteiger partial charge in [-0.05, 0) is 37.6 Å². The fourth-order valence-corrected chi connectivity index (χ4v) is 2.95. The summed E-state index contributed by atoms with van der Waals surface area (Å²) >= 11 is 0. The molecule has 1 aliphatic carbocycles. The van der Waals surface area contributed by atoms with Crippen LogP contribution in [0.5, 0.6) is 0 Å². The van der Waals surface area contributed by atoms with Crippen molar-refractivity contribution in [2.75, 3.05) is 18.9 Å². The Bertz CT molecular complexity index is 539. The highest BCUT2D eigenvalue weighted by atomic mass is 16.2. The summed E-state index contributed by atoms with van der Waals surface area (Å²) in [4.78, 5) is 24.1. The van der Waals surface area contributed by atoms with Gasteiger partial charge in [-0.1, -0.05) is 31.9 Å². The smallest absolute Gasteiger partial charge is 0.227 e. The number of nitrogens with one attached hydrogen (secondary N) is 3. The first kappa shape index (κ1) is 17.5. The van der Waals surface area contributed by atoms with E-state index in [0.717, 1.165) is 36.9 Å². The van der Waals surface area contributed by atoms with Crippen LogP contribution in [0.15, 0.2) is 24.3 Å². The van der Waals surface area contributed by atoms with Crippen molar-refractivity contribution in [3.63, 3.8) is 0 Å². The summed E-state index contributed by atoms with van der Waals surface area (Å²) < 4.78 is 0. The fraction of sp³-hybridized carbons (Fsp3) is 0.556. The minimum absolute atomic E-state index is 0.0275. The van der Waals surface area contributed by atoms with Gasteiger partial charge in [0.2, 0.25) is 11.8 Å². The predicted octanol–water partition coefficient (Wildman–Crippen LogP) is 2.29. The number of carbonyl (C=O) groups is 2. The lowest BCUT2D eigenvalue weighted by Gasteiger charge is -2.13. The number of hydrogen-bond donors (Lipinski definition) is 3. The highest BCUT2D eigenvalue weighted by molar-refractivity contribution is 5.92. The van der Waals surface area contributed by atoms with Crippen LogP contribution in [0.3, 0.4) is 0 Å². The molecule has 1 aromatic rings. The fourth-order valence-electron chi connectivity index (χ4n) is 2.95. The quantitative estimate of drug-likeness (QED) is 0.722. The average molecular weight is 317 g/mol. The van der Waals surface area contributed by atoms with Crippen molar-refractivity contribution in [3.05, 3.63) is 29.8 Å². The molecule has 0 spiro atoms. The summed E-state index contributed by atoms with van der Waals surface area (Å²) in [5.41, 5.74) is 1.79. The zero-order chi connectivity index (χ0) is 16.7. The molecule has 2 rings (SSSR count). The lowest BCUT2D eigenvalue weighted by molar-refractivity contribution is -0.124. The first-order valence-corrected chi connectivity index (χ1v) is 8.42. The van der Waals surface area contributed by atoms with Crippen molar-refractivity contribution in [1.82, 2.24) is 10.6 Å². The van der Waals surface area contributed by atoms with Gasteiger partial charge < -0.3 is 16.0 Å². The Morgan fingerprint density at radius 1 is 1.26 bits per heavy atom. The normalized spacial score (nSPS) is 16.1. The molecule has 0 heterocycles. The van der Waals surface area contributed by atoms with Gasteiger partial charge in [0.1, 0.15) is 0 Å². The van der Waals surface area contributed by atoms with E-state index in [9.17, 15) is 9.59 Å². The minimum atomic E-state index is -0.0646. The molecular weight excluding hydrogens is 290 g/mol. The summed E-state index contributed by atoms with van der Waals surface area (Å²) in [7, 11) is 1.83. The van der Waals surface area contributed by atoms with Gasteiger partial charge in [0.25, 0.3) is 0 Å². The maximum atomic E-state index is 12.2. The molecule has 1 fully saturated rings. The van der Waals surface area contributed by atoms with Gasteiger partial charge >= 0.3 is 0 Å². The largest absolute Gasteiger partial charge is 0.352 e. The Labute approximate surface area is 138 Å². The maximum absolute atomic E-state index is 12.2. The van der Waals surface area contributed by atoms with Crippen molar-refractivity contribution < 1.29 is 9.59 Å². The van der Waals surface area contributed by atoms with Gasteiger partial charge in [0, 0.05) is 30.6 Å². The van der Waals surface area contributed by atoms with Crippen LogP contribution in [0.25, 0.3) is 0 Å². The zero-order valence-electron chi connectivity index (χ0n) is 14.0. The molecule has 1 atom stereocenters. The highest BCUT2D eigenvalue weighted by Gasteiger charge is 2.22. The van der Waals surface area contributed by atoms with E-state index in [1.165, 1.54) is 0 Å². The third kappa shape index (κ3) is 5.36. The summed E-state index contributed by atoms with van der Waals surface area (Å²) in [5.74, 6) is 0.233. The third-order valence-electron chi connectivity index (χ3n) is 4.35. The second-order valence-corrected chi connectivity index (χ2v) is 6.35. The van der Waals surface area contributed by atoms with Gasteiger partial charge in [-0.3, -0.25) is 9.59 Å². The van der Waals surface area contributed by atoms with Crippen LogP contribution in [0, 0.1) is 11.8 Å². The third-order valence-corrected chi connectivity index (χ3v) is 4.35. The number of anilines is 1. The van der Waals surface area contributed by atoms with Crippen molar-refractivity contribution in [3.8, 4) is 0 Å². The highest BCUT2D eigenvalue weighted by Crippen LogP contribution is 2.26. The van der Waals surface area contributed by atoms with Gasteiger partial charge in [-0.15, -0.1) is 0 Å². The lowest BCUT2D eigenvalue weighted by Crippen LogP contribution is -2.33. The summed E-state index contributed by atoms with van der Waals surface area (Å²) in [6.07, 6.45) is 4.28. The Balaban J connectivity index is 1.86. The molecule has 0 bridgehead atoms. The summed E-state index contributed by atoms with van der Waals surface area (Å²) in [6.45, 7) is 3.02. The minimum Gasteiger partial charge on any atom is -0.352 e. The molecule has 3 N–H and O–H groups in total. The number of amides is 2. The van der Waals surface area contributed by atoms with Crippen LogP contribution < -0.4 is 16.0 Å². The van der Waals surface area contributed by atoms with Crippen LogP contribution in [-0.2, 0) is 16.1 Å². The number of hydrogen-bond acceptors (Lipinski definition) is 3. The van der Waals surface area contributed by atoms with Gasteiger partial charge in [-0.25, -0.2) is 0 Å². The molecule has 1 aliphatic rings. The second kappa shape index (κ2) is 8.67. The molecule has 5 nitrogen and oxygen atoms in total. The standard InChI is InChI=1S/C18H27N3O2/c1-13(11-19-2)17(22)20-12-14-6-5-9-16(10-14)21-18(23)15-7-3-4-8-15/h5-6,9-10,13,15,19H,3-4,7-8,11-12H2,1-2H3,(H,20,22)(H,21,23). The van der Waals surface area contributed by atoms with Crippen LogP contribution in [-0.4, -0.2) is 25.4 Å². The van der Waals surface area contributed by atoms with Gasteiger partial charge in [0.15, 0.2) is 0 Å². The number of rotatable bonds is 7. The van der Waals surface area contributed by atoms with Crippen molar-refractivity contribution in [2.24, 2.45) is 11.8 Å². The molecule has 2 amide bonds. The van der Waals surface area contributed by atoms with Crippen molar-refractivity contribution in [2.45, 2.75) is 39.2 Å². The molecular formula is C18H27N3O2. The Hall–Kier alpha value is -1.88. The van der Waals surface area contributed by atoms with E-state index in [1.807, 2.05) is 38.2 Å². The zero-order valence-corrected chi connectivity index (χ0v) is 14.0. The predicted molar refractivity (Wildman–Crippen MR) is 92.0 cm³/mol. The SMILES string of the molecule is CNCC(C)C(=O)NCc1cccc(NC(=O)C2CCCC2)c1. The molecule has 23 heavy (non-hydrogen) atoms. The number of benzene rings is 1. The molecule has 0 aliphatic heterocycles. The molecule has 1 saturated carbocycles. The molecule has 1 aromatic carbocycles. The Kier molecular flexibility index (Phi) is 6.59. The van der Waals surface area contributed by atoms with Crippen LogP contribution >= 0.6 is 0 Å².